The van der Waals surface area contributed by atoms with Crippen LogP contribution in [0.4, 0.5) is 0 Å². The van der Waals surface area contributed by atoms with Gasteiger partial charge in [0.2, 0.25) is 10.0 Å². The van der Waals surface area contributed by atoms with Crippen molar-refractivity contribution < 1.29 is 17.9 Å². The third kappa shape index (κ3) is 7.28. The van der Waals surface area contributed by atoms with E-state index in [0.717, 1.165) is 16.8 Å². The molecule has 1 unspecified atom stereocenters. The number of ether oxygens (including phenoxy) is 1. The fraction of sp³-hybridized carbons (Fsp3) is 0.280. The zero-order valence-electron chi connectivity index (χ0n) is 18.1. The number of hydrogen-bond acceptors (Lipinski definition) is 5. The molecule has 3 rings (SSSR count). The van der Waals surface area contributed by atoms with Crippen molar-refractivity contribution in [2.24, 2.45) is 5.92 Å². The monoisotopic (exact) mass is 452 g/mol. The fourth-order valence-corrected chi connectivity index (χ4v) is 4.68. The highest BCUT2D eigenvalue weighted by Crippen LogP contribution is 2.16. The predicted molar refractivity (Wildman–Crippen MR) is 124 cm³/mol. The Morgan fingerprint density at radius 3 is 2.19 bits per heavy atom. The number of nitrogens with zero attached hydrogens (tertiary/aromatic N) is 2. The second kappa shape index (κ2) is 11.5. The average molecular weight is 453 g/mol. The van der Waals surface area contributed by atoms with E-state index < -0.39 is 21.9 Å². The van der Waals surface area contributed by atoms with Gasteiger partial charge >= 0.3 is 5.97 Å². The molecule has 0 aliphatic heterocycles. The van der Waals surface area contributed by atoms with Gasteiger partial charge in [0.15, 0.2) is 0 Å². The highest BCUT2D eigenvalue weighted by Gasteiger charge is 2.30. The van der Waals surface area contributed by atoms with Gasteiger partial charge in [0.25, 0.3) is 0 Å². The lowest BCUT2D eigenvalue weighted by Crippen LogP contribution is -2.37. The van der Waals surface area contributed by atoms with Crippen LogP contribution in [-0.4, -0.2) is 43.0 Å². The summed E-state index contributed by atoms with van der Waals surface area (Å²) in [5.41, 5.74) is 2.56. The first kappa shape index (κ1) is 23.6. The van der Waals surface area contributed by atoms with Crippen molar-refractivity contribution in [2.45, 2.75) is 19.4 Å². The van der Waals surface area contributed by atoms with Crippen molar-refractivity contribution in [3.63, 3.8) is 0 Å². The maximum Gasteiger partial charge on any atom is 0.310 e. The molecule has 7 heteroatoms. The third-order valence-corrected chi connectivity index (χ3v) is 7.13. The lowest BCUT2D eigenvalue weighted by molar-refractivity contribution is -0.149. The van der Waals surface area contributed by atoms with E-state index in [0.29, 0.717) is 12.8 Å². The number of aromatic nitrogens is 1. The van der Waals surface area contributed by atoms with Crippen molar-refractivity contribution in [1.82, 2.24) is 9.29 Å². The lowest BCUT2D eigenvalue weighted by Gasteiger charge is -2.21. The molecule has 1 atom stereocenters. The summed E-state index contributed by atoms with van der Waals surface area (Å²) in [4.78, 5) is 17.1. The topological polar surface area (TPSA) is 76.6 Å². The van der Waals surface area contributed by atoms with Crippen LogP contribution < -0.4 is 0 Å². The van der Waals surface area contributed by atoms with E-state index >= 15 is 0 Å². The maximum atomic E-state index is 13.0. The van der Waals surface area contributed by atoms with Crippen molar-refractivity contribution in [2.75, 3.05) is 19.3 Å². The first-order chi connectivity index (χ1) is 15.4. The molecule has 1 heterocycles. The minimum atomic E-state index is -3.67. The second-order valence-corrected chi connectivity index (χ2v) is 9.77. The molecule has 6 nitrogen and oxygen atoms in total. The van der Waals surface area contributed by atoms with Gasteiger partial charge in [-0.1, -0.05) is 66.7 Å². The van der Waals surface area contributed by atoms with E-state index in [4.69, 9.17) is 4.74 Å². The molecule has 0 fully saturated rings. The summed E-state index contributed by atoms with van der Waals surface area (Å²) >= 11 is 0. The Morgan fingerprint density at radius 2 is 1.56 bits per heavy atom. The Hall–Kier alpha value is -3.03. The van der Waals surface area contributed by atoms with E-state index in [1.807, 2.05) is 78.9 Å². The van der Waals surface area contributed by atoms with Gasteiger partial charge < -0.3 is 4.74 Å². The van der Waals surface area contributed by atoms with Crippen molar-refractivity contribution in [3.05, 3.63) is 102 Å². The molecule has 0 radical (unpaired) electrons. The Morgan fingerprint density at radius 1 is 0.938 bits per heavy atom. The summed E-state index contributed by atoms with van der Waals surface area (Å²) in [6.07, 6.45) is 2.47. The Labute approximate surface area is 189 Å². The highest BCUT2D eigenvalue weighted by atomic mass is 32.2. The molecule has 0 aliphatic rings. The van der Waals surface area contributed by atoms with E-state index in [1.165, 1.54) is 11.4 Å². The number of likely N-dealkylation sites (N-methyl/N-ethyl adjacent to an activating group) is 1. The SMILES string of the molecule is CN(CCc1ccccn1)S(=O)(=O)CC(Cc1ccccc1)C(=O)OCc1ccccc1. The molecule has 0 spiro atoms. The van der Waals surface area contributed by atoms with Crippen LogP contribution >= 0.6 is 0 Å². The molecule has 32 heavy (non-hydrogen) atoms. The van der Waals surface area contributed by atoms with Gasteiger partial charge in [0, 0.05) is 31.9 Å². The fourth-order valence-electron chi connectivity index (χ4n) is 3.29. The van der Waals surface area contributed by atoms with Gasteiger partial charge in [-0.15, -0.1) is 0 Å². The minimum absolute atomic E-state index is 0.112. The minimum Gasteiger partial charge on any atom is -0.461 e. The zero-order valence-corrected chi connectivity index (χ0v) is 18.9. The highest BCUT2D eigenvalue weighted by molar-refractivity contribution is 7.89. The summed E-state index contributed by atoms with van der Waals surface area (Å²) in [6, 6.07) is 24.3. The summed E-state index contributed by atoms with van der Waals surface area (Å²) in [7, 11) is -2.14. The standard InChI is InChI=1S/C25H28N2O4S/c1-27(17-15-24-14-8-9-16-26-24)32(29,30)20-23(18-21-10-4-2-5-11-21)25(28)31-19-22-12-6-3-7-13-22/h2-14,16,23H,15,17-20H2,1H3. The number of hydrogen-bond donors (Lipinski definition) is 0. The molecular formula is C25H28N2O4S. The van der Waals surface area contributed by atoms with Crippen LogP contribution in [0.2, 0.25) is 0 Å². The average Bonchev–Trinajstić information content (AvgIpc) is 2.82. The van der Waals surface area contributed by atoms with Crippen molar-refractivity contribution in [3.8, 4) is 0 Å². The van der Waals surface area contributed by atoms with Crippen LogP contribution in [-0.2, 0) is 39.0 Å². The van der Waals surface area contributed by atoms with Crippen LogP contribution in [0.5, 0.6) is 0 Å². The van der Waals surface area contributed by atoms with Crippen LogP contribution in [0, 0.1) is 5.92 Å². The van der Waals surface area contributed by atoms with E-state index in [-0.39, 0.29) is 18.9 Å². The number of rotatable bonds is 11. The van der Waals surface area contributed by atoms with E-state index in [9.17, 15) is 13.2 Å². The quantitative estimate of drug-likeness (QED) is 0.416. The molecule has 2 aromatic carbocycles. The summed E-state index contributed by atoms with van der Waals surface area (Å²) in [5.74, 6) is -1.63. The lowest BCUT2D eigenvalue weighted by atomic mass is 10.0. The maximum absolute atomic E-state index is 13.0. The largest absolute Gasteiger partial charge is 0.461 e. The molecule has 0 N–H and O–H groups in total. The van der Waals surface area contributed by atoms with Gasteiger partial charge in [0.1, 0.15) is 6.61 Å². The van der Waals surface area contributed by atoms with E-state index in [1.54, 1.807) is 6.20 Å². The Kier molecular flexibility index (Phi) is 8.53. The molecule has 0 aliphatic carbocycles. The first-order valence-electron chi connectivity index (χ1n) is 10.5. The number of sulfonamides is 1. The molecule has 0 saturated carbocycles. The van der Waals surface area contributed by atoms with Crippen molar-refractivity contribution in [1.29, 1.82) is 0 Å². The summed E-state index contributed by atoms with van der Waals surface area (Å²) < 4.78 is 32.8. The van der Waals surface area contributed by atoms with Gasteiger partial charge in [-0.2, -0.15) is 0 Å². The number of benzene rings is 2. The van der Waals surface area contributed by atoms with Gasteiger partial charge in [0.05, 0.1) is 11.7 Å². The van der Waals surface area contributed by atoms with E-state index in [2.05, 4.69) is 4.98 Å². The predicted octanol–water partition coefficient (Wildman–Crippen LogP) is 3.49. The molecule has 0 bridgehead atoms. The zero-order chi connectivity index (χ0) is 22.8. The third-order valence-electron chi connectivity index (χ3n) is 5.18. The van der Waals surface area contributed by atoms with Crippen LogP contribution in [0.15, 0.2) is 85.1 Å². The Bertz CT molecular complexity index is 1070. The number of pyridine rings is 1. The first-order valence-corrected chi connectivity index (χ1v) is 12.1. The Balaban J connectivity index is 1.67. The smallest absolute Gasteiger partial charge is 0.310 e. The van der Waals surface area contributed by atoms with Gasteiger partial charge in [-0.25, -0.2) is 12.7 Å². The molecular weight excluding hydrogens is 424 g/mol. The molecule has 3 aromatic rings. The normalized spacial score (nSPS) is 12.4. The molecule has 168 valence electrons. The van der Waals surface area contributed by atoms with Gasteiger partial charge in [-0.05, 0) is 29.7 Å². The van der Waals surface area contributed by atoms with Crippen LogP contribution in [0.1, 0.15) is 16.8 Å². The summed E-state index contributed by atoms with van der Waals surface area (Å²) in [5, 5.41) is 0. The number of esters is 1. The second-order valence-electron chi connectivity index (χ2n) is 7.65. The molecule has 0 amide bonds. The summed E-state index contributed by atoms with van der Waals surface area (Å²) in [6.45, 7) is 0.400. The molecule has 0 saturated heterocycles. The number of carbonyl (C=O) groups excluding carboxylic acids is 1. The van der Waals surface area contributed by atoms with Gasteiger partial charge in [-0.3, -0.25) is 9.78 Å². The van der Waals surface area contributed by atoms with Crippen LogP contribution in [0.3, 0.4) is 0 Å². The molecule has 1 aromatic heterocycles. The van der Waals surface area contributed by atoms with Crippen LogP contribution in [0.25, 0.3) is 0 Å². The van der Waals surface area contributed by atoms with Crippen molar-refractivity contribution >= 4 is 16.0 Å². The number of carbonyl (C=O) groups is 1.